The first kappa shape index (κ1) is 24.6. The number of halogens is 1. The van der Waals surface area contributed by atoms with Gasteiger partial charge < -0.3 is 25.9 Å². The smallest absolute Gasteiger partial charge is 0.404 e. The summed E-state index contributed by atoms with van der Waals surface area (Å²) in [5, 5.41) is 0.465. The molecule has 2 aromatic heterocycles. The highest BCUT2D eigenvalue weighted by atomic mass is 35.5. The van der Waals surface area contributed by atoms with Crippen molar-refractivity contribution in [1.82, 2.24) is 15.0 Å². The number of primary amides is 2. The van der Waals surface area contributed by atoms with E-state index < -0.39 is 17.4 Å². The van der Waals surface area contributed by atoms with E-state index in [4.69, 9.17) is 32.5 Å². The first-order valence-corrected chi connectivity index (χ1v) is 12.1. The van der Waals surface area contributed by atoms with Crippen LogP contribution in [0.2, 0.25) is 5.02 Å². The van der Waals surface area contributed by atoms with E-state index >= 15 is 0 Å². The van der Waals surface area contributed by atoms with Gasteiger partial charge in [-0.15, -0.1) is 0 Å². The maximum atomic E-state index is 11.7. The Morgan fingerprint density at radius 1 is 1.05 bits per heavy atom. The number of nitrogens with two attached hydrogens (primary N) is 2. The van der Waals surface area contributed by atoms with Crippen LogP contribution >= 0.6 is 11.6 Å². The third-order valence-corrected chi connectivity index (χ3v) is 7.21. The van der Waals surface area contributed by atoms with Crippen molar-refractivity contribution in [3.8, 4) is 23.0 Å². The van der Waals surface area contributed by atoms with E-state index in [0.717, 1.165) is 29.5 Å². The molecule has 2 heterocycles. The maximum Gasteiger partial charge on any atom is 0.404 e. The first-order chi connectivity index (χ1) is 17.6. The number of aromatic nitrogens is 3. The Kier molecular flexibility index (Phi) is 6.03. The van der Waals surface area contributed by atoms with Crippen molar-refractivity contribution in [2.45, 2.75) is 37.5 Å². The zero-order chi connectivity index (χ0) is 26.4. The van der Waals surface area contributed by atoms with Crippen LogP contribution in [0.4, 0.5) is 4.79 Å². The largest absolute Gasteiger partial charge is 0.449 e. The number of fused-ring (bicyclic) bond motifs is 1. The van der Waals surface area contributed by atoms with Crippen molar-refractivity contribution >= 4 is 34.8 Å². The van der Waals surface area contributed by atoms with Crippen LogP contribution in [0, 0.1) is 0 Å². The number of nitrogens with zero attached hydrogens (tertiary/aromatic N) is 2. The summed E-state index contributed by atoms with van der Waals surface area (Å²) in [5.74, 6) is 0.135. The number of carbonyl (C=O) groups excluding carboxylic acids is 2. The molecule has 0 spiro atoms. The summed E-state index contributed by atoms with van der Waals surface area (Å²) in [4.78, 5) is 34.9. The number of nitrogens with one attached hydrogen (secondary N) is 1. The molecule has 2 aromatic carbocycles. The predicted molar refractivity (Wildman–Crippen MR) is 140 cm³/mol. The zero-order valence-electron chi connectivity index (χ0n) is 20.4. The molecule has 190 valence electrons. The molecule has 0 atom stereocenters. The summed E-state index contributed by atoms with van der Waals surface area (Å²) in [6, 6.07) is 17.0. The number of H-pyrrole nitrogens is 1. The van der Waals surface area contributed by atoms with Crippen LogP contribution < -0.4 is 16.2 Å². The molecule has 9 nitrogen and oxygen atoms in total. The second-order valence-electron chi connectivity index (χ2n) is 9.81. The number of hydrogen-bond donors (Lipinski definition) is 3. The third kappa shape index (κ3) is 4.82. The van der Waals surface area contributed by atoms with Gasteiger partial charge in [0.2, 0.25) is 5.91 Å². The number of amides is 2. The normalized spacial score (nSPS) is 14.4. The predicted octanol–water partition coefficient (Wildman–Crippen LogP) is 4.96. The molecule has 37 heavy (non-hydrogen) atoms. The van der Waals surface area contributed by atoms with Crippen LogP contribution in [0.15, 0.2) is 54.6 Å². The Balaban J connectivity index is 1.35. The molecule has 5 rings (SSSR count). The molecule has 1 saturated carbocycles. The number of carbonyl (C=O) groups is 2. The molecule has 0 aliphatic heterocycles. The van der Waals surface area contributed by atoms with E-state index in [2.05, 4.69) is 15.0 Å². The number of hydrogen-bond acceptors (Lipinski definition) is 6. The molecule has 10 heteroatoms. The van der Waals surface area contributed by atoms with Gasteiger partial charge in [-0.25, -0.2) is 9.78 Å². The fourth-order valence-electron chi connectivity index (χ4n) is 4.20. The zero-order valence-corrected chi connectivity index (χ0v) is 21.1. The van der Waals surface area contributed by atoms with E-state index in [9.17, 15) is 9.59 Å². The van der Waals surface area contributed by atoms with Gasteiger partial charge >= 0.3 is 12.1 Å². The monoisotopic (exact) mass is 519 g/mol. The van der Waals surface area contributed by atoms with Gasteiger partial charge in [0.1, 0.15) is 12.4 Å². The molecule has 2 amide bonds. The molecule has 4 aromatic rings. The minimum absolute atomic E-state index is 0.170. The highest BCUT2D eigenvalue weighted by Gasteiger charge is 2.45. The van der Waals surface area contributed by atoms with Crippen molar-refractivity contribution in [1.29, 1.82) is 0 Å². The highest BCUT2D eigenvalue weighted by Crippen LogP contribution is 2.48. The molecule has 1 aliphatic rings. The van der Waals surface area contributed by atoms with Crippen molar-refractivity contribution in [3.05, 3.63) is 70.7 Å². The standard InChI is InChI=1S/C27H26ClN5O4/c1-26(2,23(29)34)16-7-9-18(10-8-16)37-25-31-20-13-19(28)21(32-22(20)33-25)15-3-5-17(6-4-15)27(11-12-27)14-36-24(30)35/h3-10,13H,11-12,14H2,1-2H3,(H2,29,34)(H2,30,35)(H,31,32,33). The van der Waals surface area contributed by atoms with Crippen molar-refractivity contribution in [2.75, 3.05) is 6.61 Å². The van der Waals surface area contributed by atoms with Gasteiger partial charge in [-0.05, 0) is 56.0 Å². The minimum atomic E-state index is -0.788. The average Bonchev–Trinajstić information content (AvgIpc) is 3.56. The molecule has 0 bridgehead atoms. The fourth-order valence-corrected chi connectivity index (χ4v) is 4.46. The van der Waals surface area contributed by atoms with Crippen LogP contribution in [-0.4, -0.2) is 33.6 Å². The van der Waals surface area contributed by atoms with E-state index in [1.807, 2.05) is 24.3 Å². The first-order valence-electron chi connectivity index (χ1n) is 11.8. The van der Waals surface area contributed by atoms with Gasteiger partial charge in [0.15, 0.2) is 5.65 Å². The Morgan fingerprint density at radius 3 is 2.32 bits per heavy atom. The Bertz CT molecular complexity index is 1490. The molecule has 1 aliphatic carbocycles. The Morgan fingerprint density at radius 2 is 1.73 bits per heavy atom. The Hall–Kier alpha value is -4.11. The number of ether oxygens (including phenoxy) is 2. The molecular formula is C27H26ClN5O4. The van der Waals surface area contributed by atoms with Gasteiger partial charge in [0, 0.05) is 11.0 Å². The topological polar surface area (TPSA) is 146 Å². The van der Waals surface area contributed by atoms with Crippen molar-refractivity contribution in [2.24, 2.45) is 11.5 Å². The number of benzene rings is 2. The Labute approximate surface area is 218 Å². The number of aromatic amines is 1. The summed E-state index contributed by atoms with van der Waals surface area (Å²) < 4.78 is 10.9. The second kappa shape index (κ2) is 9.08. The summed E-state index contributed by atoms with van der Waals surface area (Å²) in [6.07, 6.45) is 1.11. The van der Waals surface area contributed by atoms with E-state index in [0.29, 0.717) is 27.6 Å². The highest BCUT2D eigenvalue weighted by molar-refractivity contribution is 6.33. The van der Waals surface area contributed by atoms with E-state index in [1.54, 1.807) is 44.2 Å². The van der Waals surface area contributed by atoms with Crippen LogP contribution in [0.25, 0.3) is 22.4 Å². The lowest BCUT2D eigenvalue weighted by atomic mass is 9.84. The number of rotatable bonds is 8. The SMILES string of the molecule is CC(C)(C(N)=O)c1ccc(Oc2nc3nc(-c4ccc(C5(COC(N)=O)CC5)cc4)c(Cl)cc3[nH]2)cc1. The molecule has 0 radical (unpaired) electrons. The third-order valence-electron chi connectivity index (χ3n) is 6.93. The maximum absolute atomic E-state index is 11.7. The van der Waals surface area contributed by atoms with Crippen LogP contribution in [-0.2, 0) is 20.4 Å². The van der Waals surface area contributed by atoms with Gasteiger partial charge in [-0.1, -0.05) is 48.0 Å². The van der Waals surface area contributed by atoms with Crippen LogP contribution in [0.1, 0.15) is 37.8 Å². The lowest BCUT2D eigenvalue weighted by molar-refractivity contribution is -0.122. The average molecular weight is 520 g/mol. The summed E-state index contributed by atoms with van der Waals surface area (Å²) in [6.45, 7) is 3.81. The molecule has 5 N–H and O–H groups in total. The lowest BCUT2D eigenvalue weighted by Crippen LogP contribution is -2.35. The van der Waals surface area contributed by atoms with E-state index in [-0.39, 0.29) is 18.0 Å². The van der Waals surface area contributed by atoms with Gasteiger partial charge in [-0.2, -0.15) is 4.98 Å². The molecule has 1 fully saturated rings. The van der Waals surface area contributed by atoms with Crippen LogP contribution in [0.3, 0.4) is 0 Å². The van der Waals surface area contributed by atoms with Crippen molar-refractivity contribution in [3.63, 3.8) is 0 Å². The quantitative estimate of drug-likeness (QED) is 0.300. The molecule has 0 saturated heterocycles. The number of pyridine rings is 1. The van der Waals surface area contributed by atoms with Crippen LogP contribution in [0.5, 0.6) is 11.8 Å². The van der Waals surface area contributed by atoms with Crippen molar-refractivity contribution < 1.29 is 19.1 Å². The van der Waals surface area contributed by atoms with Gasteiger partial charge in [0.05, 0.1) is 21.6 Å². The van der Waals surface area contributed by atoms with Gasteiger partial charge in [0.25, 0.3) is 0 Å². The molecule has 0 unspecified atom stereocenters. The summed E-state index contributed by atoms with van der Waals surface area (Å²) >= 11 is 6.56. The summed E-state index contributed by atoms with van der Waals surface area (Å²) in [5.41, 5.74) is 14.1. The lowest BCUT2D eigenvalue weighted by Gasteiger charge is -2.20. The summed E-state index contributed by atoms with van der Waals surface area (Å²) in [7, 11) is 0. The minimum Gasteiger partial charge on any atom is -0.449 e. The van der Waals surface area contributed by atoms with E-state index in [1.165, 1.54) is 0 Å². The fraction of sp³-hybridized carbons (Fsp3) is 0.259. The molecular weight excluding hydrogens is 494 g/mol. The van der Waals surface area contributed by atoms with Gasteiger partial charge in [-0.3, -0.25) is 4.79 Å². The second-order valence-corrected chi connectivity index (χ2v) is 10.2. The number of imidazole rings is 1.